The third-order valence-electron chi connectivity index (χ3n) is 6.11. The highest BCUT2D eigenvalue weighted by Gasteiger charge is 2.20. The van der Waals surface area contributed by atoms with Crippen LogP contribution in [0.3, 0.4) is 0 Å². The molecule has 0 atom stereocenters. The van der Waals surface area contributed by atoms with Crippen molar-refractivity contribution in [2.24, 2.45) is 0 Å². The van der Waals surface area contributed by atoms with Crippen LogP contribution in [0.5, 0.6) is 11.5 Å². The number of carbonyl (C=O) groups excluding carboxylic acids is 1. The Balaban J connectivity index is 1.21. The molecule has 166 valence electrons. The third-order valence-corrected chi connectivity index (χ3v) is 6.11. The van der Waals surface area contributed by atoms with Crippen LogP contribution in [0.2, 0.25) is 0 Å². The second-order valence-electron chi connectivity index (χ2n) is 8.13. The second kappa shape index (κ2) is 9.00. The minimum atomic E-state index is -0.185. The van der Waals surface area contributed by atoms with Gasteiger partial charge in [-0.25, -0.2) is 0 Å². The molecule has 2 aliphatic heterocycles. The molecular formula is C24H27N5O3. The number of nitrogens with one attached hydrogen (secondary N) is 1. The van der Waals surface area contributed by atoms with E-state index in [-0.39, 0.29) is 5.91 Å². The van der Waals surface area contributed by atoms with Gasteiger partial charge in [0.05, 0.1) is 25.8 Å². The molecular weight excluding hydrogens is 406 g/mol. The predicted molar refractivity (Wildman–Crippen MR) is 119 cm³/mol. The van der Waals surface area contributed by atoms with Gasteiger partial charge in [0.1, 0.15) is 17.3 Å². The average molecular weight is 434 g/mol. The molecule has 0 spiro atoms. The molecule has 0 radical (unpaired) electrons. The van der Waals surface area contributed by atoms with Crippen molar-refractivity contribution in [1.82, 2.24) is 25.0 Å². The number of rotatable bonds is 6. The van der Waals surface area contributed by atoms with E-state index in [0.29, 0.717) is 17.9 Å². The van der Waals surface area contributed by atoms with Crippen molar-refractivity contribution in [3.63, 3.8) is 0 Å². The third kappa shape index (κ3) is 4.18. The molecule has 0 unspecified atom stereocenters. The van der Waals surface area contributed by atoms with E-state index in [0.717, 1.165) is 63.0 Å². The van der Waals surface area contributed by atoms with E-state index in [1.165, 1.54) is 11.1 Å². The number of methoxy groups -OCH3 is 1. The zero-order valence-electron chi connectivity index (χ0n) is 18.2. The number of nitrogens with zero attached hydrogens (tertiary/aromatic N) is 4. The highest BCUT2D eigenvalue weighted by atomic mass is 16.5. The molecule has 0 saturated heterocycles. The summed E-state index contributed by atoms with van der Waals surface area (Å²) < 4.78 is 13.0. The lowest BCUT2D eigenvalue weighted by molar-refractivity contribution is 0.0946. The van der Waals surface area contributed by atoms with E-state index in [4.69, 9.17) is 9.47 Å². The number of carbonyl (C=O) groups is 1. The molecule has 0 fully saturated rings. The van der Waals surface area contributed by atoms with Crippen molar-refractivity contribution in [2.75, 3.05) is 26.8 Å². The minimum absolute atomic E-state index is 0.185. The van der Waals surface area contributed by atoms with E-state index in [2.05, 4.69) is 43.2 Å². The van der Waals surface area contributed by atoms with Crippen molar-refractivity contribution < 1.29 is 14.3 Å². The van der Waals surface area contributed by atoms with E-state index < -0.39 is 0 Å². The lowest BCUT2D eigenvalue weighted by Gasteiger charge is -2.20. The first kappa shape index (κ1) is 20.5. The Morgan fingerprint density at radius 3 is 2.94 bits per heavy atom. The molecule has 8 heteroatoms. The number of aromatic nitrogens is 3. The fourth-order valence-electron chi connectivity index (χ4n) is 4.40. The lowest BCUT2D eigenvalue weighted by atomic mass is 10.1. The van der Waals surface area contributed by atoms with Crippen LogP contribution in [0.15, 0.2) is 42.5 Å². The van der Waals surface area contributed by atoms with Crippen LogP contribution in [0.25, 0.3) is 0 Å². The van der Waals surface area contributed by atoms with Crippen LogP contribution >= 0.6 is 0 Å². The Morgan fingerprint density at radius 2 is 2.03 bits per heavy atom. The number of hydrogen-bond acceptors (Lipinski definition) is 6. The fraction of sp³-hybridized carbons (Fsp3) is 0.375. The maximum Gasteiger partial charge on any atom is 0.255 e. The summed E-state index contributed by atoms with van der Waals surface area (Å²) in [6.45, 7) is 4.66. The van der Waals surface area contributed by atoms with Gasteiger partial charge < -0.3 is 19.4 Å². The lowest BCUT2D eigenvalue weighted by Crippen LogP contribution is -2.28. The van der Waals surface area contributed by atoms with Gasteiger partial charge in [0.2, 0.25) is 0 Å². The predicted octanol–water partition coefficient (Wildman–Crippen LogP) is 2.21. The number of amides is 1. The molecule has 3 aromatic rings. The summed E-state index contributed by atoms with van der Waals surface area (Å²) in [5.74, 6) is 3.14. The molecule has 1 N–H and O–H groups in total. The summed E-state index contributed by atoms with van der Waals surface area (Å²) >= 11 is 0. The molecule has 8 nitrogen and oxygen atoms in total. The van der Waals surface area contributed by atoms with Gasteiger partial charge in [-0.15, -0.1) is 10.2 Å². The van der Waals surface area contributed by atoms with Crippen LogP contribution in [-0.2, 0) is 32.5 Å². The van der Waals surface area contributed by atoms with Gasteiger partial charge in [-0.2, -0.15) is 0 Å². The Morgan fingerprint density at radius 1 is 1.12 bits per heavy atom. The standard InChI is InChI=1S/C24H27N5O3/c1-31-21-5-3-2-4-19(21)24(30)25-15-23-27-26-22-8-10-28(11-12-29(22)23)16-17-6-7-20-18(14-17)9-13-32-20/h2-7,14H,8-13,15-16H2,1H3,(H,25,30). The maximum absolute atomic E-state index is 12.6. The van der Waals surface area contributed by atoms with Gasteiger partial charge >= 0.3 is 0 Å². The molecule has 5 rings (SSSR count). The Kier molecular flexibility index (Phi) is 5.77. The van der Waals surface area contributed by atoms with Crippen molar-refractivity contribution in [3.8, 4) is 11.5 Å². The van der Waals surface area contributed by atoms with Crippen molar-refractivity contribution in [2.45, 2.75) is 32.5 Å². The normalized spacial score (nSPS) is 15.4. The number of hydrogen-bond donors (Lipinski definition) is 1. The SMILES string of the molecule is COc1ccccc1C(=O)NCc1nnc2n1CCN(Cc1ccc3c(c1)CCO3)CC2. The molecule has 32 heavy (non-hydrogen) atoms. The van der Waals surface area contributed by atoms with Gasteiger partial charge in [-0.3, -0.25) is 9.69 Å². The second-order valence-corrected chi connectivity index (χ2v) is 8.13. The van der Waals surface area contributed by atoms with Crippen LogP contribution in [0.1, 0.15) is 33.1 Å². The zero-order chi connectivity index (χ0) is 21.9. The number of para-hydroxylation sites is 1. The smallest absolute Gasteiger partial charge is 0.255 e. The van der Waals surface area contributed by atoms with Gasteiger partial charge in [-0.05, 0) is 29.3 Å². The Labute approximate surface area is 187 Å². The number of fused-ring (bicyclic) bond motifs is 2. The maximum atomic E-state index is 12.6. The summed E-state index contributed by atoms with van der Waals surface area (Å²) in [7, 11) is 1.56. The summed E-state index contributed by atoms with van der Waals surface area (Å²) in [5.41, 5.74) is 3.13. The summed E-state index contributed by atoms with van der Waals surface area (Å²) in [6.07, 6.45) is 1.83. The van der Waals surface area contributed by atoms with Crippen LogP contribution < -0.4 is 14.8 Å². The number of ether oxygens (including phenoxy) is 2. The fourth-order valence-corrected chi connectivity index (χ4v) is 4.40. The van der Waals surface area contributed by atoms with Crippen LogP contribution in [0, 0.1) is 0 Å². The quantitative estimate of drug-likeness (QED) is 0.642. The number of benzene rings is 2. The Hall–Kier alpha value is -3.39. The Bertz CT molecular complexity index is 1130. The molecule has 1 amide bonds. The zero-order valence-corrected chi connectivity index (χ0v) is 18.2. The highest BCUT2D eigenvalue weighted by Crippen LogP contribution is 2.26. The van der Waals surface area contributed by atoms with E-state index in [1.54, 1.807) is 19.2 Å². The van der Waals surface area contributed by atoms with E-state index in [9.17, 15) is 4.79 Å². The molecule has 0 bridgehead atoms. The van der Waals surface area contributed by atoms with Crippen molar-refractivity contribution >= 4 is 5.91 Å². The largest absolute Gasteiger partial charge is 0.496 e. The first-order valence-electron chi connectivity index (χ1n) is 11.0. The molecule has 3 heterocycles. The summed E-state index contributed by atoms with van der Waals surface area (Å²) in [5, 5.41) is 11.7. The summed E-state index contributed by atoms with van der Waals surface area (Å²) in [6, 6.07) is 13.7. The molecule has 0 aliphatic carbocycles. The van der Waals surface area contributed by atoms with Crippen molar-refractivity contribution in [1.29, 1.82) is 0 Å². The average Bonchev–Trinajstić information content (AvgIpc) is 3.40. The van der Waals surface area contributed by atoms with E-state index in [1.807, 2.05) is 12.1 Å². The van der Waals surface area contributed by atoms with E-state index >= 15 is 0 Å². The molecule has 1 aromatic heterocycles. The molecule has 2 aromatic carbocycles. The van der Waals surface area contributed by atoms with Gasteiger partial charge in [0, 0.05) is 39.0 Å². The molecule has 2 aliphatic rings. The first-order valence-corrected chi connectivity index (χ1v) is 11.0. The molecule has 0 saturated carbocycles. The van der Waals surface area contributed by atoms with Gasteiger partial charge in [-0.1, -0.05) is 24.3 Å². The van der Waals surface area contributed by atoms with Crippen LogP contribution in [-0.4, -0.2) is 52.4 Å². The monoisotopic (exact) mass is 433 g/mol. The van der Waals surface area contributed by atoms with Gasteiger partial charge in [0.15, 0.2) is 5.82 Å². The minimum Gasteiger partial charge on any atom is -0.496 e. The first-order chi connectivity index (χ1) is 15.7. The highest BCUT2D eigenvalue weighted by molar-refractivity contribution is 5.96. The van der Waals surface area contributed by atoms with Crippen LogP contribution in [0.4, 0.5) is 0 Å². The topological polar surface area (TPSA) is 81.5 Å². The van der Waals surface area contributed by atoms with Crippen molar-refractivity contribution in [3.05, 3.63) is 70.8 Å². The summed E-state index contributed by atoms with van der Waals surface area (Å²) in [4.78, 5) is 15.1. The van der Waals surface area contributed by atoms with Gasteiger partial charge in [0.25, 0.3) is 5.91 Å².